The Morgan fingerprint density at radius 1 is 1.48 bits per heavy atom. The van der Waals surface area contributed by atoms with Crippen LogP contribution < -0.4 is 5.32 Å². The first-order chi connectivity index (χ1) is 10.2. The fraction of sp³-hybridized carbons (Fsp3) is 0.500. The Bertz CT molecular complexity index is 550. The predicted molar refractivity (Wildman–Crippen MR) is 85.9 cm³/mol. The molecule has 0 bridgehead atoms. The summed E-state index contributed by atoms with van der Waals surface area (Å²) in [6.07, 6.45) is 5.48. The van der Waals surface area contributed by atoms with Gasteiger partial charge >= 0.3 is 0 Å². The first-order valence-corrected chi connectivity index (χ1v) is 8.25. The third-order valence-electron chi connectivity index (χ3n) is 3.70. The summed E-state index contributed by atoms with van der Waals surface area (Å²) in [4.78, 5) is 15.4. The summed E-state index contributed by atoms with van der Waals surface area (Å²) in [6.45, 7) is 5.67. The average molecular weight is 303 g/mol. The van der Waals surface area contributed by atoms with Crippen LogP contribution in [-0.4, -0.2) is 37.0 Å². The van der Waals surface area contributed by atoms with Gasteiger partial charge in [0.1, 0.15) is 11.6 Å². The zero-order valence-electron chi connectivity index (χ0n) is 12.4. The maximum absolute atomic E-state index is 12.0. The van der Waals surface area contributed by atoms with Crippen LogP contribution >= 0.6 is 11.3 Å². The minimum atomic E-state index is -0.276. The molecule has 0 aliphatic carbocycles. The highest BCUT2D eigenvalue weighted by Crippen LogP contribution is 2.19. The molecule has 1 aliphatic rings. The largest absolute Gasteiger partial charge is 0.350 e. The van der Waals surface area contributed by atoms with Crippen LogP contribution in [0, 0.1) is 18.3 Å². The highest BCUT2D eigenvalue weighted by Gasteiger charge is 2.12. The summed E-state index contributed by atoms with van der Waals surface area (Å²) in [5, 5.41) is 14.0. The molecule has 112 valence electrons. The maximum atomic E-state index is 12.0. The molecule has 0 unspecified atom stereocenters. The number of amides is 1. The maximum Gasteiger partial charge on any atom is 0.262 e. The molecular formula is C16H21N3OS. The molecule has 1 aromatic rings. The van der Waals surface area contributed by atoms with Crippen LogP contribution in [0.3, 0.4) is 0 Å². The van der Waals surface area contributed by atoms with Crippen molar-refractivity contribution in [2.75, 3.05) is 26.2 Å². The van der Waals surface area contributed by atoms with Gasteiger partial charge in [0.25, 0.3) is 5.91 Å². The first kappa shape index (κ1) is 15.7. The Morgan fingerprint density at radius 2 is 2.24 bits per heavy atom. The Hall–Kier alpha value is -1.64. The van der Waals surface area contributed by atoms with Gasteiger partial charge < -0.3 is 10.2 Å². The Balaban J connectivity index is 1.84. The van der Waals surface area contributed by atoms with E-state index in [1.165, 1.54) is 19.3 Å². The molecular weight excluding hydrogens is 282 g/mol. The second-order valence-corrected chi connectivity index (χ2v) is 6.24. The van der Waals surface area contributed by atoms with E-state index in [-0.39, 0.29) is 11.5 Å². The lowest BCUT2D eigenvalue weighted by molar-refractivity contribution is -0.117. The highest BCUT2D eigenvalue weighted by atomic mass is 32.1. The number of nitrogens with one attached hydrogen (secondary N) is 1. The van der Waals surface area contributed by atoms with Crippen molar-refractivity contribution in [3.8, 4) is 6.07 Å². The van der Waals surface area contributed by atoms with Crippen molar-refractivity contribution in [1.82, 2.24) is 10.2 Å². The van der Waals surface area contributed by atoms with Gasteiger partial charge in [-0.1, -0.05) is 6.42 Å². The van der Waals surface area contributed by atoms with Crippen LogP contribution in [-0.2, 0) is 4.79 Å². The lowest BCUT2D eigenvalue weighted by atomic mass is 10.1. The third-order valence-corrected chi connectivity index (χ3v) is 4.67. The number of rotatable bonds is 5. The number of carbonyl (C=O) groups excluding carboxylic acids is 1. The van der Waals surface area contributed by atoms with E-state index < -0.39 is 0 Å². The van der Waals surface area contributed by atoms with E-state index in [4.69, 9.17) is 5.26 Å². The number of aryl methyl sites for hydroxylation is 1. The molecule has 1 amide bonds. The van der Waals surface area contributed by atoms with E-state index in [9.17, 15) is 4.79 Å². The van der Waals surface area contributed by atoms with E-state index >= 15 is 0 Å². The SMILES string of the molecule is Cc1ccsc1C=C(C#N)C(=O)NCCN1CCCCC1. The van der Waals surface area contributed by atoms with Gasteiger partial charge in [0.2, 0.25) is 0 Å². The Kier molecular flexibility index (Phi) is 5.97. The topological polar surface area (TPSA) is 56.1 Å². The lowest BCUT2D eigenvalue weighted by Gasteiger charge is -2.26. The third kappa shape index (κ3) is 4.69. The van der Waals surface area contributed by atoms with Crippen molar-refractivity contribution in [2.45, 2.75) is 26.2 Å². The molecule has 2 rings (SSSR count). The van der Waals surface area contributed by atoms with Crippen molar-refractivity contribution >= 4 is 23.3 Å². The monoisotopic (exact) mass is 303 g/mol. The van der Waals surface area contributed by atoms with Gasteiger partial charge in [0, 0.05) is 18.0 Å². The van der Waals surface area contributed by atoms with Gasteiger partial charge in [0.15, 0.2) is 0 Å². The molecule has 1 aliphatic heterocycles. The molecule has 2 heterocycles. The Morgan fingerprint density at radius 3 is 2.86 bits per heavy atom. The minimum absolute atomic E-state index is 0.180. The molecule has 0 aromatic carbocycles. The van der Waals surface area contributed by atoms with Gasteiger partial charge in [-0.3, -0.25) is 4.79 Å². The fourth-order valence-electron chi connectivity index (χ4n) is 2.42. The van der Waals surface area contributed by atoms with Crippen molar-refractivity contribution < 1.29 is 4.79 Å². The van der Waals surface area contributed by atoms with Crippen LogP contribution in [0.4, 0.5) is 0 Å². The summed E-state index contributed by atoms with van der Waals surface area (Å²) >= 11 is 1.54. The predicted octanol–water partition coefficient (Wildman–Crippen LogP) is 2.57. The smallest absolute Gasteiger partial charge is 0.262 e. The van der Waals surface area contributed by atoms with Crippen LogP contribution in [0.15, 0.2) is 17.0 Å². The fourth-order valence-corrected chi connectivity index (χ4v) is 3.28. The minimum Gasteiger partial charge on any atom is -0.350 e. The van der Waals surface area contributed by atoms with E-state index in [0.717, 1.165) is 30.1 Å². The van der Waals surface area contributed by atoms with Crippen LogP contribution in [0.5, 0.6) is 0 Å². The van der Waals surface area contributed by atoms with Crippen molar-refractivity contribution in [2.24, 2.45) is 0 Å². The number of carbonyl (C=O) groups is 1. The molecule has 0 radical (unpaired) electrons. The highest BCUT2D eigenvalue weighted by molar-refractivity contribution is 7.11. The van der Waals surface area contributed by atoms with Crippen molar-refractivity contribution in [3.05, 3.63) is 27.5 Å². The molecule has 0 saturated carbocycles. The second-order valence-electron chi connectivity index (χ2n) is 5.30. The molecule has 1 saturated heterocycles. The quantitative estimate of drug-likeness (QED) is 0.672. The summed E-state index contributed by atoms with van der Waals surface area (Å²) in [5.41, 5.74) is 1.27. The Labute approximate surface area is 130 Å². The van der Waals surface area contributed by atoms with Gasteiger partial charge in [-0.25, -0.2) is 0 Å². The summed E-state index contributed by atoms with van der Waals surface area (Å²) < 4.78 is 0. The zero-order valence-corrected chi connectivity index (χ0v) is 13.2. The van der Waals surface area contributed by atoms with E-state index in [1.54, 1.807) is 17.4 Å². The van der Waals surface area contributed by atoms with Crippen LogP contribution in [0.25, 0.3) is 6.08 Å². The van der Waals surface area contributed by atoms with E-state index in [0.29, 0.717) is 6.54 Å². The standard InChI is InChI=1S/C16H21N3OS/c1-13-5-10-21-15(13)11-14(12-17)16(20)18-6-9-19-7-3-2-4-8-19/h5,10-11H,2-4,6-9H2,1H3,(H,18,20). The average Bonchev–Trinajstić information content (AvgIpc) is 2.91. The van der Waals surface area contributed by atoms with Gasteiger partial charge in [-0.2, -0.15) is 5.26 Å². The molecule has 0 spiro atoms. The normalized spacial score (nSPS) is 16.5. The molecule has 4 nitrogen and oxygen atoms in total. The molecule has 1 N–H and O–H groups in total. The van der Waals surface area contributed by atoms with Crippen LogP contribution in [0.1, 0.15) is 29.7 Å². The number of nitriles is 1. The number of likely N-dealkylation sites (tertiary alicyclic amines) is 1. The van der Waals surface area contributed by atoms with Gasteiger partial charge in [-0.15, -0.1) is 11.3 Å². The van der Waals surface area contributed by atoms with Crippen molar-refractivity contribution in [3.63, 3.8) is 0 Å². The summed E-state index contributed by atoms with van der Waals surface area (Å²) in [6, 6.07) is 3.98. The van der Waals surface area contributed by atoms with Crippen molar-refractivity contribution in [1.29, 1.82) is 5.26 Å². The second kappa shape index (κ2) is 7.96. The van der Waals surface area contributed by atoms with Gasteiger partial charge in [0.05, 0.1) is 0 Å². The number of thiophene rings is 1. The molecule has 5 heteroatoms. The van der Waals surface area contributed by atoms with Gasteiger partial charge in [-0.05, 0) is 55.9 Å². The van der Waals surface area contributed by atoms with Crippen LogP contribution in [0.2, 0.25) is 0 Å². The summed E-state index contributed by atoms with van der Waals surface area (Å²) in [5.74, 6) is -0.276. The number of hydrogen-bond donors (Lipinski definition) is 1. The number of piperidine rings is 1. The zero-order chi connectivity index (χ0) is 15.1. The molecule has 21 heavy (non-hydrogen) atoms. The first-order valence-electron chi connectivity index (χ1n) is 7.37. The number of hydrogen-bond acceptors (Lipinski definition) is 4. The lowest BCUT2D eigenvalue weighted by Crippen LogP contribution is -2.37. The molecule has 1 aromatic heterocycles. The van der Waals surface area contributed by atoms with E-state index in [1.807, 2.05) is 24.4 Å². The summed E-state index contributed by atoms with van der Waals surface area (Å²) in [7, 11) is 0. The number of nitrogens with zero attached hydrogens (tertiary/aromatic N) is 2. The van der Waals surface area contributed by atoms with E-state index in [2.05, 4.69) is 10.2 Å². The molecule has 0 atom stereocenters. The molecule has 1 fully saturated rings.